The Labute approximate surface area is 120 Å². The maximum Gasteiger partial charge on any atom is 0.338 e. The number of benzene rings is 1. The molecule has 1 aliphatic rings. The van der Waals surface area contributed by atoms with Crippen molar-refractivity contribution in [2.24, 2.45) is 0 Å². The van der Waals surface area contributed by atoms with Crippen molar-refractivity contribution in [2.45, 2.75) is 38.6 Å². The maximum absolute atomic E-state index is 11.8. The van der Waals surface area contributed by atoms with E-state index in [0.717, 1.165) is 19.5 Å². The van der Waals surface area contributed by atoms with Gasteiger partial charge in [-0.05, 0) is 50.9 Å². The van der Waals surface area contributed by atoms with Crippen molar-refractivity contribution >= 4 is 5.97 Å². The van der Waals surface area contributed by atoms with Gasteiger partial charge in [0.1, 0.15) is 5.75 Å². The van der Waals surface area contributed by atoms with Crippen LogP contribution in [0.5, 0.6) is 5.75 Å². The SMILES string of the molecule is CC1CCCCN1CCCOC(=O)c1cccc(O)c1. The molecule has 0 bridgehead atoms. The largest absolute Gasteiger partial charge is 0.508 e. The third kappa shape index (κ3) is 4.23. The average molecular weight is 277 g/mol. The van der Waals surface area contributed by atoms with Crippen LogP contribution in [-0.2, 0) is 4.74 Å². The van der Waals surface area contributed by atoms with E-state index < -0.39 is 0 Å². The van der Waals surface area contributed by atoms with Gasteiger partial charge < -0.3 is 14.7 Å². The van der Waals surface area contributed by atoms with Crippen molar-refractivity contribution in [3.05, 3.63) is 29.8 Å². The molecule has 0 amide bonds. The van der Waals surface area contributed by atoms with Gasteiger partial charge in [0, 0.05) is 12.6 Å². The van der Waals surface area contributed by atoms with E-state index in [1.54, 1.807) is 12.1 Å². The maximum atomic E-state index is 11.8. The molecule has 110 valence electrons. The standard InChI is InChI=1S/C16H23NO3/c1-13-6-2-3-9-17(13)10-5-11-20-16(19)14-7-4-8-15(18)12-14/h4,7-8,12-13,18H,2-3,5-6,9-11H2,1H3. The fraction of sp³-hybridized carbons (Fsp3) is 0.562. The number of ether oxygens (including phenoxy) is 1. The van der Waals surface area contributed by atoms with E-state index >= 15 is 0 Å². The van der Waals surface area contributed by atoms with Gasteiger partial charge in [0.25, 0.3) is 0 Å². The normalized spacial score (nSPS) is 19.8. The van der Waals surface area contributed by atoms with Gasteiger partial charge >= 0.3 is 5.97 Å². The monoisotopic (exact) mass is 277 g/mol. The van der Waals surface area contributed by atoms with Gasteiger partial charge in [0.2, 0.25) is 0 Å². The number of phenolic OH excluding ortho intramolecular Hbond substituents is 1. The number of rotatable bonds is 5. The molecule has 2 rings (SSSR count). The molecule has 4 nitrogen and oxygen atoms in total. The van der Waals surface area contributed by atoms with Crippen molar-refractivity contribution < 1.29 is 14.6 Å². The number of carbonyl (C=O) groups excluding carboxylic acids is 1. The highest BCUT2D eigenvalue weighted by atomic mass is 16.5. The number of hydrogen-bond acceptors (Lipinski definition) is 4. The van der Waals surface area contributed by atoms with Crippen molar-refractivity contribution in [1.82, 2.24) is 4.90 Å². The van der Waals surface area contributed by atoms with E-state index in [4.69, 9.17) is 4.74 Å². The highest BCUT2D eigenvalue weighted by Gasteiger charge is 2.17. The predicted molar refractivity (Wildman–Crippen MR) is 77.9 cm³/mol. The molecule has 0 saturated carbocycles. The molecule has 1 aromatic carbocycles. The Kier molecular flexibility index (Phi) is 5.41. The lowest BCUT2D eigenvalue weighted by atomic mass is 10.0. The van der Waals surface area contributed by atoms with Gasteiger partial charge in [-0.2, -0.15) is 0 Å². The fourth-order valence-corrected chi connectivity index (χ4v) is 2.64. The van der Waals surface area contributed by atoms with Gasteiger partial charge in [-0.3, -0.25) is 0 Å². The smallest absolute Gasteiger partial charge is 0.338 e. The molecule has 1 aliphatic heterocycles. The van der Waals surface area contributed by atoms with Crippen LogP contribution in [0, 0.1) is 0 Å². The fourth-order valence-electron chi connectivity index (χ4n) is 2.64. The first-order valence-corrected chi connectivity index (χ1v) is 7.37. The number of nitrogens with zero attached hydrogens (tertiary/aromatic N) is 1. The molecular formula is C16H23NO3. The molecule has 1 N–H and O–H groups in total. The number of phenols is 1. The summed E-state index contributed by atoms with van der Waals surface area (Å²) in [5, 5.41) is 9.32. The summed E-state index contributed by atoms with van der Waals surface area (Å²) in [5.41, 5.74) is 0.399. The zero-order valence-electron chi connectivity index (χ0n) is 12.0. The van der Waals surface area contributed by atoms with Crippen LogP contribution < -0.4 is 0 Å². The molecule has 1 heterocycles. The lowest BCUT2D eigenvalue weighted by Crippen LogP contribution is -2.38. The minimum Gasteiger partial charge on any atom is -0.508 e. The Morgan fingerprint density at radius 1 is 1.45 bits per heavy atom. The first-order valence-electron chi connectivity index (χ1n) is 7.37. The second-order valence-corrected chi connectivity index (χ2v) is 5.42. The zero-order valence-corrected chi connectivity index (χ0v) is 12.0. The minimum atomic E-state index is -0.368. The highest BCUT2D eigenvalue weighted by Crippen LogP contribution is 2.16. The second-order valence-electron chi connectivity index (χ2n) is 5.42. The zero-order chi connectivity index (χ0) is 14.4. The molecule has 20 heavy (non-hydrogen) atoms. The molecule has 0 aliphatic carbocycles. The topological polar surface area (TPSA) is 49.8 Å². The Bertz CT molecular complexity index is 447. The summed E-state index contributed by atoms with van der Waals surface area (Å²) in [6.45, 7) is 4.83. The third-order valence-corrected chi connectivity index (χ3v) is 3.85. The summed E-state index contributed by atoms with van der Waals surface area (Å²) in [6.07, 6.45) is 4.72. The van der Waals surface area contributed by atoms with E-state index in [1.807, 2.05) is 0 Å². The van der Waals surface area contributed by atoms with Crippen LogP contribution in [0.15, 0.2) is 24.3 Å². The first-order chi connectivity index (χ1) is 9.66. The van der Waals surface area contributed by atoms with Gasteiger partial charge in [-0.25, -0.2) is 4.79 Å². The number of likely N-dealkylation sites (tertiary alicyclic amines) is 1. The quantitative estimate of drug-likeness (QED) is 0.664. The van der Waals surface area contributed by atoms with Crippen LogP contribution >= 0.6 is 0 Å². The third-order valence-electron chi connectivity index (χ3n) is 3.85. The van der Waals surface area contributed by atoms with E-state index in [2.05, 4.69) is 11.8 Å². The molecule has 1 aromatic rings. The lowest BCUT2D eigenvalue weighted by molar-refractivity contribution is 0.0475. The molecule has 0 spiro atoms. The summed E-state index contributed by atoms with van der Waals surface area (Å²) in [7, 11) is 0. The molecule has 1 fully saturated rings. The van der Waals surface area contributed by atoms with Gasteiger partial charge in [-0.15, -0.1) is 0 Å². The predicted octanol–water partition coefficient (Wildman–Crippen LogP) is 2.81. The summed E-state index contributed by atoms with van der Waals surface area (Å²) in [6, 6.07) is 6.89. The van der Waals surface area contributed by atoms with E-state index in [-0.39, 0.29) is 11.7 Å². The number of piperidine rings is 1. The van der Waals surface area contributed by atoms with Crippen LogP contribution in [0.25, 0.3) is 0 Å². The molecule has 1 atom stereocenters. The Morgan fingerprint density at radius 2 is 2.30 bits per heavy atom. The molecule has 0 radical (unpaired) electrons. The van der Waals surface area contributed by atoms with E-state index in [9.17, 15) is 9.90 Å². The Hall–Kier alpha value is -1.55. The van der Waals surface area contributed by atoms with Gasteiger partial charge in [0.05, 0.1) is 12.2 Å². The number of esters is 1. The molecule has 4 heteroatoms. The van der Waals surface area contributed by atoms with E-state index in [0.29, 0.717) is 18.2 Å². The number of aromatic hydroxyl groups is 1. The lowest BCUT2D eigenvalue weighted by Gasteiger charge is -2.33. The molecule has 1 unspecified atom stereocenters. The van der Waals surface area contributed by atoms with Gasteiger partial charge in [-0.1, -0.05) is 12.5 Å². The van der Waals surface area contributed by atoms with Crippen LogP contribution in [0.1, 0.15) is 43.0 Å². The van der Waals surface area contributed by atoms with Crippen molar-refractivity contribution in [2.75, 3.05) is 19.7 Å². The highest BCUT2D eigenvalue weighted by molar-refractivity contribution is 5.89. The summed E-state index contributed by atoms with van der Waals surface area (Å²) >= 11 is 0. The van der Waals surface area contributed by atoms with Crippen molar-refractivity contribution in [3.63, 3.8) is 0 Å². The van der Waals surface area contributed by atoms with Gasteiger partial charge in [0.15, 0.2) is 0 Å². The summed E-state index contributed by atoms with van der Waals surface area (Å²) < 4.78 is 5.23. The van der Waals surface area contributed by atoms with Crippen molar-refractivity contribution in [3.8, 4) is 5.75 Å². The van der Waals surface area contributed by atoms with Crippen LogP contribution in [0.3, 0.4) is 0 Å². The molecule has 1 saturated heterocycles. The van der Waals surface area contributed by atoms with E-state index in [1.165, 1.54) is 31.4 Å². The van der Waals surface area contributed by atoms with Crippen molar-refractivity contribution in [1.29, 1.82) is 0 Å². The summed E-state index contributed by atoms with van der Waals surface area (Å²) in [4.78, 5) is 14.2. The number of hydrogen-bond donors (Lipinski definition) is 1. The minimum absolute atomic E-state index is 0.0848. The van der Waals surface area contributed by atoms with Crippen LogP contribution in [0.2, 0.25) is 0 Å². The molecule has 0 aromatic heterocycles. The second kappa shape index (κ2) is 7.29. The Balaban J connectivity index is 1.69. The van der Waals surface area contributed by atoms with Crippen LogP contribution in [0.4, 0.5) is 0 Å². The Morgan fingerprint density at radius 3 is 3.05 bits per heavy atom. The summed E-state index contributed by atoms with van der Waals surface area (Å²) in [5.74, 6) is -0.283. The van der Waals surface area contributed by atoms with Crippen LogP contribution in [-0.4, -0.2) is 41.7 Å². The number of carbonyl (C=O) groups is 1. The molecular weight excluding hydrogens is 254 g/mol. The average Bonchev–Trinajstić information content (AvgIpc) is 2.45. The first kappa shape index (κ1) is 14.9.